The molecule has 0 aliphatic carbocycles. The van der Waals surface area contributed by atoms with Gasteiger partial charge in [0.1, 0.15) is 5.82 Å². The molecule has 0 bridgehead atoms. The van der Waals surface area contributed by atoms with Crippen LogP contribution < -0.4 is 5.32 Å². The SMILES string of the molecule is Cc1cccc(-c2nnc(CCC(=O)NCc3ccc(F)cc3)o2)c1. The van der Waals surface area contributed by atoms with Gasteiger partial charge < -0.3 is 9.73 Å². The Hall–Kier alpha value is -3.02. The average Bonchev–Trinajstić information content (AvgIpc) is 3.08. The highest BCUT2D eigenvalue weighted by Gasteiger charge is 2.10. The molecule has 3 rings (SSSR count). The number of amides is 1. The predicted octanol–water partition coefficient (Wildman–Crippen LogP) is 3.43. The fourth-order valence-corrected chi connectivity index (χ4v) is 2.36. The molecule has 5 nitrogen and oxygen atoms in total. The van der Waals surface area contributed by atoms with Crippen LogP contribution in [0.25, 0.3) is 11.5 Å². The summed E-state index contributed by atoms with van der Waals surface area (Å²) in [5.74, 6) is 0.453. The van der Waals surface area contributed by atoms with Crippen molar-refractivity contribution < 1.29 is 13.6 Å². The zero-order valence-corrected chi connectivity index (χ0v) is 13.8. The summed E-state index contributed by atoms with van der Waals surface area (Å²) in [7, 11) is 0. The summed E-state index contributed by atoms with van der Waals surface area (Å²) in [6, 6.07) is 13.8. The highest BCUT2D eigenvalue weighted by molar-refractivity contribution is 5.76. The minimum absolute atomic E-state index is 0.125. The number of aromatic nitrogens is 2. The van der Waals surface area contributed by atoms with Crippen LogP contribution in [0.3, 0.4) is 0 Å². The largest absolute Gasteiger partial charge is 0.421 e. The molecule has 0 saturated heterocycles. The number of hydrogen-bond acceptors (Lipinski definition) is 4. The average molecular weight is 339 g/mol. The second-order valence-corrected chi connectivity index (χ2v) is 5.77. The van der Waals surface area contributed by atoms with E-state index in [1.54, 1.807) is 12.1 Å². The zero-order chi connectivity index (χ0) is 17.6. The standard InChI is InChI=1S/C19H18FN3O2/c1-13-3-2-4-15(11-13)19-23-22-18(25-19)10-9-17(24)21-12-14-5-7-16(20)8-6-14/h2-8,11H,9-10,12H2,1H3,(H,21,24). The van der Waals surface area contributed by atoms with Gasteiger partial charge in [0, 0.05) is 24.9 Å². The van der Waals surface area contributed by atoms with Gasteiger partial charge in [0.05, 0.1) is 0 Å². The monoisotopic (exact) mass is 339 g/mol. The molecule has 0 atom stereocenters. The maximum Gasteiger partial charge on any atom is 0.247 e. The van der Waals surface area contributed by atoms with Gasteiger partial charge in [-0.3, -0.25) is 4.79 Å². The van der Waals surface area contributed by atoms with E-state index in [0.29, 0.717) is 24.7 Å². The first-order valence-electron chi connectivity index (χ1n) is 8.01. The summed E-state index contributed by atoms with van der Waals surface area (Å²) in [5.41, 5.74) is 2.81. The first-order chi connectivity index (χ1) is 12.1. The molecule has 1 amide bonds. The number of hydrogen-bond donors (Lipinski definition) is 1. The number of aryl methyl sites for hydroxylation is 2. The number of nitrogens with zero attached hydrogens (tertiary/aromatic N) is 2. The highest BCUT2D eigenvalue weighted by atomic mass is 19.1. The highest BCUT2D eigenvalue weighted by Crippen LogP contribution is 2.19. The van der Waals surface area contributed by atoms with Crippen molar-refractivity contribution in [3.05, 3.63) is 71.4 Å². The van der Waals surface area contributed by atoms with E-state index in [4.69, 9.17) is 4.42 Å². The Bertz CT molecular complexity index is 859. The second-order valence-electron chi connectivity index (χ2n) is 5.77. The zero-order valence-electron chi connectivity index (χ0n) is 13.8. The number of carbonyl (C=O) groups is 1. The fourth-order valence-electron chi connectivity index (χ4n) is 2.36. The van der Waals surface area contributed by atoms with Gasteiger partial charge in [-0.15, -0.1) is 10.2 Å². The van der Waals surface area contributed by atoms with E-state index in [9.17, 15) is 9.18 Å². The van der Waals surface area contributed by atoms with Gasteiger partial charge in [0.25, 0.3) is 0 Å². The lowest BCUT2D eigenvalue weighted by Gasteiger charge is -2.04. The third kappa shape index (κ3) is 4.73. The Labute approximate surface area is 144 Å². The molecule has 0 fully saturated rings. The first-order valence-corrected chi connectivity index (χ1v) is 8.01. The van der Waals surface area contributed by atoms with E-state index >= 15 is 0 Å². The van der Waals surface area contributed by atoms with Crippen molar-refractivity contribution in [3.8, 4) is 11.5 Å². The number of nitrogens with one attached hydrogen (secondary N) is 1. The van der Waals surface area contributed by atoms with Crippen LogP contribution in [0.15, 0.2) is 52.9 Å². The van der Waals surface area contributed by atoms with Crippen molar-refractivity contribution >= 4 is 5.91 Å². The van der Waals surface area contributed by atoms with Crippen molar-refractivity contribution in [2.24, 2.45) is 0 Å². The van der Waals surface area contributed by atoms with Crippen molar-refractivity contribution in [3.63, 3.8) is 0 Å². The van der Waals surface area contributed by atoms with E-state index in [1.807, 2.05) is 31.2 Å². The fraction of sp³-hybridized carbons (Fsp3) is 0.211. The molecule has 0 radical (unpaired) electrons. The predicted molar refractivity (Wildman–Crippen MR) is 91.0 cm³/mol. The Balaban J connectivity index is 1.50. The van der Waals surface area contributed by atoms with Gasteiger partial charge in [-0.2, -0.15) is 0 Å². The summed E-state index contributed by atoms with van der Waals surface area (Å²) in [4.78, 5) is 11.9. The van der Waals surface area contributed by atoms with E-state index in [-0.39, 0.29) is 18.1 Å². The number of carbonyl (C=O) groups excluding carboxylic acids is 1. The van der Waals surface area contributed by atoms with Gasteiger partial charge in [-0.05, 0) is 36.8 Å². The van der Waals surface area contributed by atoms with E-state index in [1.165, 1.54) is 12.1 Å². The summed E-state index contributed by atoms with van der Waals surface area (Å²) in [6.07, 6.45) is 0.616. The Morgan fingerprint density at radius 3 is 2.72 bits per heavy atom. The molecule has 2 aromatic carbocycles. The lowest BCUT2D eigenvalue weighted by molar-refractivity contribution is -0.121. The van der Waals surface area contributed by atoms with Gasteiger partial charge in [0.15, 0.2) is 0 Å². The van der Waals surface area contributed by atoms with Crippen LogP contribution in [0.5, 0.6) is 0 Å². The Kier molecular flexibility index (Phi) is 5.18. The van der Waals surface area contributed by atoms with Crippen LogP contribution in [0.2, 0.25) is 0 Å². The van der Waals surface area contributed by atoms with Crippen LogP contribution in [-0.4, -0.2) is 16.1 Å². The quantitative estimate of drug-likeness (QED) is 0.747. The number of rotatable bonds is 6. The summed E-state index contributed by atoms with van der Waals surface area (Å²) >= 11 is 0. The van der Waals surface area contributed by atoms with Crippen LogP contribution in [0.1, 0.15) is 23.4 Å². The number of benzene rings is 2. The van der Waals surface area contributed by atoms with Gasteiger partial charge >= 0.3 is 0 Å². The molecule has 1 aromatic heterocycles. The molecule has 25 heavy (non-hydrogen) atoms. The molecular weight excluding hydrogens is 321 g/mol. The van der Waals surface area contributed by atoms with Crippen LogP contribution in [-0.2, 0) is 17.8 Å². The Morgan fingerprint density at radius 2 is 1.96 bits per heavy atom. The molecule has 0 unspecified atom stereocenters. The van der Waals surface area contributed by atoms with Gasteiger partial charge in [-0.25, -0.2) is 4.39 Å². The van der Waals surface area contributed by atoms with Crippen molar-refractivity contribution in [2.45, 2.75) is 26.3 Å². The van der Waals surface area contributed by atoms with Crippen LogP contribution in [0.4, 0.5) is 4.39 Å². The van der Waals surface area contributed by atoms with Crippen molar-refractivity contribution in [2.75, 3.05) is 0 Å². The maximum atomic E-state index is 12.8. The molecule has 128 valence electrons. The topological polar surface area (TPSA) is 68.0 Å². The van der Waals surface area contributed by atoms with Gasteiger partial charge in [0.2, 0.25) is 17.7 Å². The Morgan fingerprint density at radius 1 is 1.16 bits per heavy atom. The van der Waals surface area contributed by atoms with Crippen molar-refractivity contribution in [1.29, 1.82) is 0 Å². The minimum atomic E-state index is -0.295. The molecule has 0 spiro atoms. The lowest BCUT2D eigenvalue weighted by atomic mass is 10.1. The molecule has 0 saturated carbocycles. The smallest absolute Gasteiger partial charge is 0.247 e. The number of halogens is 1. The molecule has 3 aromatic rings. The lowest BCUT2D eigenvalue weighted by Crippen LogP contribution is -2.23. The molecular formula is C19H18FN3O2. The minimum Gasteiger partial charge on any atom is -0.421 e. The van der Waals surface area contributed by atoms with E-state index in [2.05, 4.69) is 15.5 Å². The van der Waals surface area contributed by atoms with E-state index < -0.39 is 0 Å². The summed E-state index contributed by atoms with van der Waals surface area (Å²) < 4.78 is 18.4. The summed E-state index contributed by atoms with van der Waals surface area (Å²) in [6.45, 7) is 2.35. The van der Waals surface area contributed by atoms with Gasteiger partial charge in [-0.1, -0.05) is 29.8 Å². The van der Waals surface area contributed by atoms with Crippen LogP contribution in [0, 0.1) is 12.7 Å². The summed E-state index contributed by atoms with van der Waals surface area (Å²) in [5, 5.41) is 10.8. The third-order valence-corrected chi connectivity index (χ3v) is 3.70. The molecule has 0 aliphatic heterocycles. The van der Waals surface area contributed by atoms with Crippen molar-refractivity contribution in [1.82, 2.24) is 15.5 Å². The van der Waals surface area contributed by atoms with Crippen LogP contribution >= 0.6 is 0 Å². The normalized spacial score (nSPS) is 10.6. The second kappa shape index (κ2) is 7.70. The maximum absolute atomic E-state index is 12.8. The third-order valence-electron chi connectivity index (χ3n) is 3.70. The van der Waals surface area contributed by atoms with E-state index in [0.717, 1.165) is 16.7 Å². The molecule has 1 heterocycles. The molecule has 6 heteroatoms. The molecule has 0 aliphatic rings. The first kappa shape index (κ1) is 16.8. The molecule has 1 N–H and O–H groups in total.